The highest BCUT2D eigenvalue weighted by atomic mass is 32.2. The minimum absolute atomic E-state index is 0.442. The van der Waals surface area contributed by atoms with E-state index in [1.165, 1.54) is 0 Å². The predicted molar refractivity (Wildman–Crippen MR) is 67.5 cm³/mol. The van der Waals surface area contributed by atoms with Gasteiger partial charge in [0.05, 0.1) is 0 Å². The molecule has 1 rings (SSSR count). The fourth-order valence-corrected chi connectivity index (χ4v) is 2.36. The van der Waals surface area contributed by atoms with Crippen molar-refractivity contribution in [3.8, 4) is 5.75 Å². The fourth-order valence-electron chi connectivity index (χ4n) is 1.52. The van der Waals surface area contributed by atoms with Crippen molar-refractivity contribution >= 4 is 11.8 Å². The topological polar surface area (TPSA) is 46.2 Å². The van der Waals surface area contributed by atoms with Gasteiger partial charge in [-0.25, -0.2) is 0 Å². The van der Waals surface area contributed by atoms with Gasteiger partial charge in [0.25, 0.3) is 0 Å². The minimum atomic E-state index is 0.442. The Morgan fingerprint density at radius 3 is 2.87 bits per heavy atom. The Kier molecular flexibility index (Phi) is 4.99. The number of aryl methyl sites for hydroxylation is 1. The van der Waals surface area contributed by atoms with Crippen molar-refractivity contribution in [3.05, 3.63) is 29.3 Å². The summed E-state index contributed by atoms with van der Waals surface area (Å²) in [6, 6.07) is 5.91. The van der Waals surface area contributed by atoms with Gasteiger partial charge in [-0.1, -0.05) is 25.1 Å². The lowest BCUT2D eigenvalue weighted by Gasteiger charge is -2.12. The summed E-state index contributed by atoms with van der Waals surface area (Å²) in [7, 11) is 0. The summed E-state index contributed by atoms with van der Waals surface area (Å²) in [5.41, 5.74) is 7.44. The van der Waals surface area contributed by atoms with E-state index in [1.54, 1.807) is 0 Å². The van der Waals surface area contributed by atoms with E-state index >= 15 is 0 Å². The number of aromatic hydroxyl groups is 1. The Morgan fingerprint density at radius 1 is 1.47 bits per heavy atom. The molecule has 0 aromatic heterocycles. The highest BCUT2D eigenvalue weighted by Crippen LogP contribution is 2.25. The second-order valence-electron chi connectivity index (χ2n) is 3.76. The van der Waals surface area contributed by atoms with E-state index in [9.17, 15) is 5.11 Å². The molecule has 3 heteroatoms. The largest absolute Gasteiger partial charge is 0.507 e. The number of hydrogen-bond donors (Lipinski definition) is 2. The zero-order valence-electron chi connectivity index (χ0n) is 9.36. The van der Waals surface area contributed by atoms with Gasteiger partial charge in [0, 0.05) is 17.5 Å². The third kappa shape index (κ3) is 3.76. The zero-order chi connectivity index (χ0) is 11.3. The maximum absolute atomic E-state index is 9.84. The highest BCUT2D eigenvalue weighted by Gasteiger charge is 2.08. The lowest BCUT2D eigenvalue weighted by atomic mass is 10.1. The van der Waals surface area contributed by atoms with Crippen molar-refractivity contribution in [2.45, 2.75) is 25.5 Å². The first kappa shape index (κ1) is 12.4. The van der Waals surface area contributed by atoms with E-state index in [0.29, 0.717) is 11.0 Å². The zero-order valence-corrected chi connectivity index (χ0v) is 10.2. The summed E-state index contributed by atoms with van der Waals surface area (Å²) in [5, 5.41) is 10.3. The molecule has 1 unspecified atom stereocenters. The van der Waals surface area contributed by atoms with Crippen LogP contribution in [-0.4, -0.2) is 22.7 Å². The summed E-state index contributed by atoms with van der Waals surface area (Å²) in [4.78, 5) is 0. The molecule has 1 aromatic carbocycles. The first-order chi connectivity index (χ1) is 7.15. The molecule has 0 saturated heterocycles. The molecule has 0 heterocycles. The van der Waals surface area contributed by atoms with Crippen LogP contribution in [0.5, 0.6) is 5.75 Å². The van der Waals surface area contributed by atoms with Gasteiger partial charge in [-0.15, -0.1) is 0 Å². The van der Waals surface area contributed by atoms with Gasteiger partial charge in [-0.05, 0) is 24.5 Å². The molecule has 1 aromatic rings. The molecule has 0 aliphatic carbocycles. The second-order valence-corrected chi connectivity index (χ2v) is 5.30. The summed E-state index contributed by atoms with van der Waals surface area (Å²) < 4.78 is 0. The van der Waals surface area contributed by atoms with E-state index in [1.807, 2.05) is 36.9 Å². The van der Waals surface area contributed by atoms with Crippen LogP contribution in [0, 0.1) is 6.92 Å². The van der Waals surface area contributed by atoms with Gasteiger partial charge < -0.3 is 10.8 Å². The number of nitrogens with two attached hydrogens (primary N) is 1. The van der Waals surface area contributed by atoms with Crippen LogP contribution in [0.3, 0.4) is 0 Å². The third-order valence-corrected chi connectivity index (χ3v) is 3.56. The predicted octanol–water partition coefficient (Wildman–Crippen LogP) is 2.32. The van der Waals surface area contributed by atoms with E-state index in [-0.39, 0.29) is 0 Å². The standard InChI is InChI=1S/C12H19NOS/c1-9-4-3-5-11(12(9)14)8-10(2)15-7-6-13/h3-5,10,14H,6-8,13H2,1-2H3. The van der Waals surface area contributed by atoms with Crippen LogP contribution in [0.2, 0.25) is 0 Å². The summed E-state index contributed by atoms with van der Waals surface area (Å²) >= 11 is 1.85. The van der Waals surface area contributed by atoms with Gasteiger partial charge in [-0.2, -0.15) is 11.8 Å². The number of benzene rings is 1. The molecule has 84 valence electrons. The monoisotopic (exact) mass is 225 g/mol. The Hall–Kier alpha value is -0.670. The molecule has 0 aliphatic heterocycles. The molecular weight excluding hydrogens is 206 g/mol. The molecule has 15 heavy (non-hydrogen) atoms. The highest BCUT2D eigenvalue weighted by molar-refractivity contribution is 7.99. The minimum Gasteiger partial charge on any atom is -0.507 e. The van der Waals surface area contributed by atoms with Crippen LogP contribution in [0.4, 0.5) is 0 Å². The van der Waals surface area contributed by atoms with Crippen molar-refractivity contribution in [2.75, 3.05) is 12.3 Å². The Bertz CT molecular complexity index is 314. The summed E-state index contributed by atoms with van der Waals surface area (Å²) in [5.74, 6) is 1.42. The first-order valence-electron chi connectivity index (χ1n) is 5.24. The number of rotatable bonds is 5. The number of para-hydroxylation sites is 1. The van der Waals surface area contributed by atoms with Crippen LogP contribution in [0.15, 0.2) is 18.2 Å². The summed E-state index contributed by atoms with van der Waals surface area (Å²) in [6.07, 6.45) is 0.901. The van der Waals surface area contributed by atoms with Gasteiger partial charge >= 0.3 is 0 Å². The van der Waals surface area contributed by atoms with Crippen LogP contribution < -0.4 is 5.73 Å². The summed E-state index contributed by atoms with van der Waals surface area (Å²) in [6.45, 7) is 4.81. The Morgan fingerprint density at radius 2 is 2.20 bits per heavy atom. The SMILES string of the molecule is Cc1cccc(CC(C)SCCN)c1O. The molecule has 2 nitrogen and oxygen atoms in total. The third-order valence-electron chi connectivity index (χ3n) is 2.35. The quantitative estimate of drug-likeness (QED) is 0.808. The van der Waals surface area contributed by atoms with Gasteiger partial charge in [0.1, 0.15) is 5.75 Å². The average Bonchev–Trinajstić information content (AvgIpc) is 2.22. The molecule has 0 radical (unpaired) electrons. The van der Waals surface area contributed by atoms with E-state index in [4.69, 9.17) is 5.73 Å². The molecule has 1 atom stereocenters. The van der Waals surface area contributed by atoms with E-state index in [0.717, 1.165) is 29.8 Å². The molecule has 0 spiro atoms. The average molecular weight is 225 g/mol. The van der Waals surface area contributed by atoms with Crippen molar-refractivity contribution in [1.29, 1.82) is 0 Å². The Balaban J connectivity index is 2.60. The normalized spacial score (nSPS) is 12.7. The number of hydrogen-bond acceptors (Lipinski definition) is 3. The van der Waals surface area contributed by atoms with Crippen molar-refractivity contribution < 1.29 is 5.11 Å². The molecular formula is C12H19NOS. The number of thioether (sulfide) groups is 1. The second kappa shape index (κ2) is 6.03. The smallest absolute Gasteiger partial charge is 0.121 e. The number of phenols is 1. The Labute approximate surface area is 95.9 Å². The van der Waals surface area contributed by atoms with Gasteiger partial charge in [0.15, 0.2) is 0 Å². The lowest BCUT2D eigenvalue weighted by Crippen LogP contribution is -2.08. The first-order valence-corrected chi connectivity index (χ1v) is 6.29. The molecule has 0 bridgehead atoms. The van der Waals surface area contributed by atoms with Gasteiger partial charge in [0.2, 0.25) is 0 Å². The molecule has 0 amide bonds. The lowest BCUT2D eigenvalue weighted by molar-refractivity contribution is 0.463. The maximum atomic E-state index is 9.84. The van der Waals surface area contributed by atoms with Crippen LogP contribution in [-0.2, 0) is 6.42 Å². The molecule has 0 aliphatic rings. The van der Waals surface area contributed by atoms with Crippen LogP contribution >= 0.6 is 11.8 Å². The number of phenolic OH excluding ortho intramolecular Hbond substituents is 1. The van der Waals surface area contributed by atoms with E-state index < -0.39 is 0 Å². The van der Waals surface area contributed by atoms with Crippen LogP contribution in [0.25, 0.3) is 0 Å². The van der Waals surface area contributed by atoms with Crippen molar-refractivity contribution in [2.24, 2.45) is 5.73 Å². The van der Waals surface area contributed by atoms with Crippen molar-refractivity contribution in [3.63, 3.8) is 0 Å². The molecule has 0 fully saturated rings. The molecule has 3 N–H and O–H groups in total. The van der Waals surface area contributed by atoms with E-state index in [2.05, 4.69) is 6.92 Å². The van der Waals surface area contributed by atoms with Crippen molar-refractivity contribution in [1.82, 2.24) is 0 Å². The maximum Gasteiger partial charge on any atom is 0.121 e. The fraction of sp³-hybridized carbons (Fsp3) is 0.500. The molecule has 0 saturated carbocycles. The van der Waals surface area contributed by atoms with Gasteiger partial charge in [-0.3, -0.25) is 0 Å². The van der Waals surface area contributed by atoms with Crippen LogP contribution in [0.1, 0.15) is 18.1 Å².